The number of unbranched alkanes of at least 4 members (excludes halogenated alkanes) is 9. The quantitative estimate of drug-likeness (QED) is 0.273. The van der Waals surface area contributed by atoms with Crippen LogP contribution in [0.3, 0.4) is 0 Å². The van der Waals surface area contributed by atoms with Crippen molar-refractivity contribution in [2.45, 2.75) is 103 Å². The van der Waals surface area contributed by atoms with E-state index in [1.165, 1.54) is 32.1 Å². The van der Waals surface area contributed by atoms with E-state index >= 15 is 0 Å². The summed E-state index contributed by atoms with van der Waals surface area (Å²) in [5, 5.41) is 9.72. The highest BCUT2D eigenvalue weighted by Crippen LogP contribution is 2.17. The summed E-state index contributed by atoms with van der Waals surface area (Å²) in [6.45, 7) is 2.61. The Balaban J connectivity index is 2.64. The molecule has 1 atom stereocenters. The van der Waals surface area contributed by atoms with E-state index in [0.29, 0.717) is 25.8 Å². The molecule has 7 heteroatoms. The van der Waals surface area contributed by atoms with Crippen LogP contribution in [0.15, 0.2) is 30.3 Å². The number of aliphatic carboxylic acids is 1. The maximum Gasteiger partial charge on any atom is 0.417 e. The molecule has 0 unspecified atom stereocenters. The minimum Gasteiger partial charge on any atom is -0.480 e. The predicted molar refractivity (Wildman–Crippen MR) is 130 cm³/mol. The number of nitrogens with two attached hydrogens (primary N) is 1. The number of ether oxygens (including phenoxy) is 1. The van der Waals surface area contributed by atoms with E-state index in [2.05, 4.69) is 6.92 Å². The Morgan fingerprint density at radius 1 is 0.909 bits per heavy atom. The van der Waals surface area contributed by atoms with Crippen LogP contribution in [0.25, 0.3) is 0 Å². The molecule has 0 spiro atoms. The third-order valence-corrected chi connectivity index (χ3v) is 5.69. The molecule has 0 aliphatic rings. The highest BCUT2D eigenvalue weighted by Gasteiger charge is 2.35. The smallest absolute Gasteiger partial charge is 0.417 e. The van der Waals surface area contributed by atoms with Crippen molar-refractivity contribution in [1.82, 2.24) is 4.90 Å². The van der Waals surface area contributed by atoms with Crippen LogP contribution in [-0.4, -0.2) is 40.6 Å². The lowest BCUT2D eigenvalue weighted by molar-refractivity contribution is -0.149. The fourth-order valence-corrected chi connectivity index (χ4v) is 3.74. The SMILES string of the molecule is CCCCCCCCCCCC(=O)N(C(=O)OCc1ccccc1)[C@@H](CCCCN)C(=O)O. The number of nitrogens with zero attached hydrogens (tertiary/aromatic N) is 1. The Hall–Kier alpha value is -2.41. The number of carboxylic acid groups (broad SMARTS) is 1. The molecule has 0 heterocycles. The summed E-state index contributed by atoms with van der Waals surface area (Å²) in [7, 11) is 0. The second kappa shape index (κ2) is 18.1. The minimum atomic E-state index is -1.24. The van der Waals surface area contributed by atoms with Crippen LogP contribution in [0.5, 0.6) is 0 Å². The van der Waals surface area contributed by atoms with E-state index in [0.717, 1.165) is 29.7 Å². The fourth-order valence-electron chi connectivity index (χ4n) is 3.74. The lowest BCUT2D eigenvalue weighted by Gasteiger charge is -2.26. The van der Waals surface area contributed by atoms with Gasteiger partial charge in [0.05, 0.1) is 0 Å². The van der Waals surface area contributed by atoms with E-state index in [1.54, 1.807) is 12.1 Å². The maximum absolute atomic E-state index is 12.9. The molecule has 33 heavy (non-hydrogen) atoms. The number of hydrogen-bond donors (Lipinski definition) is 2. The molecule has 1 rings (SSSR count). The van der Waals surface area contributed by atoms with Crippen molar-refractivity contribution in [3.05, 3.63) is 35.9 Å². The molecule has 1 aromatic rings. The Morgan fingerprint density at radius 3 is 2.09 bits per heavy atom. The van der Waals surface area contributed by atoms with Gasteiger partial charge in [0.25, 0.3) is 0 Å². The second-order valence-corrected chi connectivity index (χ2v) is 8.52. The number of carbonyl (C=O) groups is 3. The molecule has 1 aromatic carbocycles. The Kier molecular flexibility index (Phi) is 15.7. The zero-order chi connectivity index (χ0) is 24.3. The van der Waals surface area contributed by atoms with Crippen molar-refractivity contribution in [3.8, 4) is 0 Å². The first kappa shape index (κ1) is 28.6. The Bertz CT molecular complexity index is 681. The van der Waals surface area contributed by atoms with E-state index in [-0.39, 0.29) is 19.4 Å². The standard InChI is InChI=1S/C26H42N2O5/c1-2-3-4-5-6-7-8-9-13-19-24(29)28(23(25(30)31)18-14-15-20-27)26(32)33-21-22-16-11-10-12-17-22/h10-12,16-17,23H,2-9,13-15,18-21,27H2,1H3,(H,30,31)/t23-/m0/s1. The van der Waals surface area contributed by atoms with Gasteiger partial charge in [-0.1, -0.05) is 88.6 Å². The van der Waals surface area contributed by atoms with Crippen molar-refractivity contribution >= 4 is 18.0 Å². The zero-order valence-corrected chi connectivity index (χ0v) is 20.2. The highest BCUT2D eigenvalue weighted by atomic mass is 16.6. The van der Waals surface area contributed by atoms with Gasteiger partial charge >= 0.3 is 12.1 Å². The largest absolute Gasteiger partial charge is 0.480 e. The molecule has 0 aromatic heterocycles. The number of amides is 2. The summed E-state index contributed by atoms with van der Waals surface area (Å²) in [6.07, 6.45) is 10.5. The monoisotopic (exact) mass is 462 g/mol. The van der Waals surface area contributed by atoms with Gasteiger partial charge in [0, 0.05) is 6.42 Å². The lowest BCUT2D eigenvalue weighted by Crippen LogP contribution is -2.49. The Labute approximate surface area is 198 Å². The maximum atomic E-state index is 12.9. The molecule has 0 saturated heterocycles. The zero-order valence-electron chi connectivity index (χ0n) is 20.2. The third-order valence-electron chi connectivity index (χ3n) is 5.69. The molecule has 186 valence electrons. The van der Waals surface area contributed by atoms with Crippen molar-refractivity contribution < 1.29 is 24.2 Å². The van der Waals surface area contributed by atoms with Gasteiger partial charge in [-0.3, -0.25) is 4.79 Å². The van der Waals surface area contributed by atoms with Crippen LogP contribution >= 0.6 is 0 Å². The van der Waals surface area contributed by atoms with Crippen molar-refractivity contribution in [2.24, 2.45) is 5.73 Å². The fraction of sp³-hybridized carbons (Fsp3) is 0.654. The van der Waals surface area contributed by atoms with Gasteiger partial charge in [-0.05, 0) is 37.8 Å². The molecule has 0 saturated carbocycles. The molecule has 3 N–H and O–H groups in total. The van der Waals surface area contributed by atoms with Gasteiger partial charge in [-0.2, -0.15) is 0 Å². The summed E-state index contributed by atoms with van der Waals surface area (Å²) in [4.78, 5) is 38.4. The topological polar surface area (TPSA) is 110 Å². The van der Waals surface area contributed by atoms with Crippen LogP contribution in [-0.2, 0) is 20.9 Å². The van der Waals surface area contributed by atoms with Crippen LogP contribution < -0.4 is 5.73 Å². The van der Waals surface area contributed by atoms with Gasteiger partial charge in [-0.15, -0.1) is 0 Å². The first-order valence-corrected chi connectivity index (χ1v) is 12.5. The van der Waals surface area contributed by atoms with Crippen LogP contribution in [0.4, 0.5) is 4.79 Å². The second-order valence-electron chi connectivity index (χ2n) is 8.52. The summed E-state index contributed by atoms with van der Waals surface area (Å²) < 4.78 is 5.32. The summed E-state index contributed by atoms with van der Waals surface area (Å²) in [5.41, 5.74) is 6.29. The summed E-state index contributed by atoms with van der Waals surface area (Å²) in [5.74, 6) is -1.69. The minimum absolute atomic E-state index is 0.0172. The van der Waals surface area contributed by atoms with E-state index < -0.39 is 24.0 Å². The summed E-state index contributed by atoms with van der Waals surface area (Å²) in [6, 6.07) is 7.86. The number of carboxylic acids is 1. The first-order valence-electron chi connectivity index (χ1n) is 12.5. The number of carbonyl (C=O) groups excluding carboxylic acids is 2. The molecule has 7 nitrogen and oxygen atoms in total. The number of hydrogen-bond acceptors (Lipinski definition) is 5. The molecule has 2 amide bonds. The molecule has 0 aliphatic carbocycles. The normalized spacial score (nSPS) is 11.7. The number of rotatable bonds is 18. The third kappa shape index (κ3) is 12.4. The van der Waals surface area contributed by atoms with Gasteiger partial charge in [0.1, 0.15) is 12.6 Å². The van der Waals surface area contributed by atoms with Crippen molar-refractivity contribution in [1.29, 1.82) is 0 Å². The average molecular weight is 463 g/mol. The molecule has 0 radical (unpaired) electrons. The first-order chi connectivity index (χ1) is 16.0. The molecular weight excluding hydrogens is 420 g/mol. The summed E-state index contributed by atoms with van der Waals surface area (Å²) >= 11 is 0. The molecule has 0 fully saturated rings. The van der Waals surface area contributed by atoms with E-state index in [1.807, 2.05) is 18.2 Å². The van der Waals surface area contributed by atoms with Crippen molar-refractivity contribution in [3.63, 3.8) is 0 Å². The van der Waals surface area contributed by atoms with Gasteiger partial charge in [-0.25, -0.2) is 14.5 Å². The van der Waals surface area contributed by atoms with Crippen LogP contribution in [0.2, 0.25) is 0 Å². The van der Waals surface area contributed by atoms with Gasteiger partial charge in [0.2, 0.25) is 5.91 Å². The lowest BCUT2D eigenvalue weighted by atomic mass is 10.0. The molecular formula is C26H42N2O5. The van der Waals surface area contributed by atoms with Gasteiger partial charge in [0.15, 0.2) is 0 Å². The average Bonchev–Trinajstić information content (AvgIpc) is 2.81. The van der Waals surface area contributed by atoms with Gasteiger partial charge < -0.3 is 15.6 Å². The Morgan fingerprint density at radius 2 is 1.52 bits per heavy atom. The van der Waals surface area contributed by atoms with Crippen LogP contribution in [0, 0.1) is 0 Å². The van der Waals surface area contributed by atoms with Crippen molar-refractivity contribution in [2.75, 3.05) is 6.54 Å². The number of imide groups is 1. The van der Waals surface area contributed by atoms with Crippen LogP contribution in [0.1, 0.15) is 96.0 Å². The van der Waals surface area contributed by atoms with E-state index in [9.17, 15) is 19.5 Å². The molecule has 0 aliphatic heterocycles. The number of benzene rings is 1. The van der Waals surface area contributed by atoms with E-state index in [4.69, 9.17) is 10.5 Å². The highest BCUT2D eigenvalue weighted by molar-refractivity contribution is 5.96. The molecule has 0 bridgehead atoms. The predicted octanol–water partition coefficient (Wildman–Crippen LogP) is 5.65.